The number of nitrogen functional groups attached to an aromatic ring is 1. The number of aromatic nitrogens is 2. The molecule has 10 heteroatoms. The van der Waals surface area contributed by atoms with Gasteiger partial charge in [0.2, 0.25) is 11.8 Å². The Balaban J connectivity index is 1.65. The monoisotopic (exact) mass is 476 g/mol. The number of benzene rings is 2. The number of H-pyrrole nitrogens is 1. The lowest BCUT2D eigenvalue weighted by atomic mass is 9.93. The molecule has 182 valence electrons. The summed E-state index contributed by atoms with van der Waals surface area (Å²) in [6.07, 6.45) is 0.398. The van der Waals surface area contributed by atoms with E-state index >= 15 is 0 Å². The van der Waals surface area contributed by atoms with Gasteiger partial charge < -0.3 is 16.4 Å². The molecule has 3 aromatic rings. The Morgan fingerprint density at radius 1 is 1.06 bits per heavy atom. The molecule has 1 aliphatic heterocycles. The fourth-order valence-electron chi connectivity index (χ4n) is 4.50. The van der Waals surface area contributed by atoms with Gasteiger partial charge in [-0.05, 0) is 30.0 Å². The van der Waals surface area contributed by atoms with Crippen molar-refractivity contribution in [1.29, 1.82) is 0 Å². The molecule has 0 unspecified atom stereocenters. The summed E-state index contributed by atoms with van der Waals surface area (Å²) >= 11 is 0. The number of nitrogens with one attached hydrogen (secondary N) is 1. The summed E-state index contributed by atoms with van der Waals surface area (Å²) in [6.45, 7) is 2.20. The summed E-state index contributed by atoms with van der Waals surface area (Å²) in [5.41, 5.74) is 13.3. The molecule has 35 heavy (non-hydrogen) atoms. The lowest BCUT2D eigenvalue weighted by Gasteiger charge is -2.35. The van der Waals surface area contributed by atoms with Crippen molar-refractivity contribution in [3.05, 3.63) is 92.1 Å². The first-order chi connectivity index (χ1) is 16.8. The van der Waals surface area contributed by atoms with Crippen LogP contribution in [0.25, 0.3) is 0 Å². The molecule has 4 rings (SSSR count). The van der Waals surface area contributed by atoms with Crippen molar-refractivity contribution < 1.29 is 9.59 Å². The second-order valence-corrected chi connectivity index (χ2v) is 8.50. The number of aromatic amines is 1. The number of fused-ring (bicyclic) bond motifs is 1. The molecule has 5 N–H and O–H groups in total. The minimum atomic E-state index is -0.748. The minimum Gasteiger partial charge on any atom is -0.383 e. The fourth-order valence-corrected chi connectivity index (χ4v) is 4.50. The summed E-state index contributed by atoms with van der Waals surface area (Å²) in [7, 11) is 0. The number of carbonyl (C=O) groups is 2. The van der Waals surface area contributed by atoms with Crippen LogP contribution in [-0.2, 0) is 29.1 Å². The first-order valence-corrected chi connectivity index (χ1v) is 11.4. The molecule has 0 fully saturated rings. The van der Waals surface area contributed by atoms with Gasteiger partial charge in [-0.1, -0.05) is 54.6 Å². The Morgan fingerprint density at radius 2 is 1.71 bits per heavy atom. The first-order valence-electron chi connectivity index (χ1n) is 11.4. The van der Waals surface area contributed by atoms with E-state index in [0.29, 0.717) is 13.0 Å². The molecule has 0 saturated carbocycles. The van der Waals surface area contributed by atoms with Crippen LogP contribution in [0.1, 0.15) is 23.6 Å². The third-order valence-electron chi connectivity index (χ3n) is 6.30. The maximum Gasteiger partial charge on any atom is 0.330 e. The lowest BCUT2D eigenvalue weighted by molar-refractivity contribution is -0.126. The van der Waals surface area contributed by atoms with E-state index in [4.69, 9.17) is 11.5 Å². The highest BCUT2D eigenvalue weighted by Crippen LogP contribution is 2.24. The van der Waals surface area contributed by atoms with Crippen LogP contribution in [0, 0.1) is 0 Å². The molecule has 2 aromatic carbocycles. The maximum atomic E-state index is 13.4. The Morgan fingerprint density at radius 3 is 2.37 bits per heavy atom. The summed E-state index contributed by atoms with van der Waals surface area (Å²) in [5.74, 6) is -1.06. The molecular formula is C25H28N6O4. The van der Waals surface area contributed by atoms with Crippen LogP contribution < -0.4 is 27.6 Å². The van der Waals surface area contributed by atoms with Gasteiger partial charge in [-0.3, -0.25) is 28.8 Å². The van der Waals surface area contributed by atoms with Crippen molar-refractivity contribution in [3.63, 3.8) is 0 Å². The standard InChI is InChI=1S/C25H28N6O4/c1-2-30(20(32)15-29-14-18-11-7-6-10-17(18)12-19(29)23(27)33)21-22(26)31(25(35)28-24(21)34)13-16-8-4-3-5-9-16/h3-11,19H,2,12-15,26H2,1H3,(H2,27,33)(H,28,34,35)/t19-/m0/s1. The zero-order chi connectivity index (χ0) is 25.1. The zero-order valence-electron chi connectivity index (χ0n) is 19.4. The molecule has 0 bridgehead atoms. The lowest BCUT2D eigenvalue weighted by Crippen LogP contribution is -2.53. The van der Waals surface area contributed by atoms with Crippen molar-refractivity contribution in [2.24, 2.45) is 5.73 Å². The van der Waals surface area contributed by atoms with Gasteiger partial charge in [0.1, 0.15) is 5.82 Å². The summed E-state index contributed by atoms with van der Waals surface area (Å²) in [5, 5.41) is 0. The van der Waals surface area contributed by atoms with E-state index in [2.05, 4.69) is 4.98 Å². The fraction of sp³-hybridized carbons (Fsp3) is 0.280. The smallest absolute Gasteiger partial charge is 0.330 e. The van der Waals surface area contributed by atoms with Crippen LogP contribution in [0.4, 0.5) is 11.5 Å². The number of amides is 2. The molecule has 0 saturated heterocycles. The van der Waals surface area contributed by atoms with Gasteiger partial charge in [-0.15, -0.1) is 0 Å². The predicted molar refractivity (Wildman–Crippen MR) is 133 cm³/mol. The van der Waals surface area contributed by atoms with Gasteiger partial charge in [0, 0.05) is 13.1 Å². The average molecular weight is 477 g/mol. The van der Waals surface area contributed by atoms with E-state index in [9.17, 15) is 19.2 Å². The second-order valence-electron chi connectivity index (χ2n) is 8.50. The number of nitrogens with zero attached hydrogens (tertiary/aromatic N) is 3. The van der Waals surface area contributed by atoms with Crippen LogP contribution in [-0.4, -0.2) is 45.4 Å². The molecule has 2 amide bonds. The van der Waals surface area contributed by atoms with E-state index < -0.39 is 29.1 Å². The Bertz CT molecular complexity index is 1360. The van der Waals surface area contributed by atoms with Crippen LogP contribution in [0.3, 0.4) is 0 Å². The summed E-state index contributed by atoms with van der Waals surface area (Å²) in [4.78, 5) is 56.1. The molecule has 0 aliphatic carbocycles. The Kier molecular flexibility index (Phi) is 6.83. The van der Waals surface area contributed by atoms with E-state index in [0.717, 1.165) is 16.7 Å². The van der Waals surface area contributed by atoms with Gasteiger partial charge in [0.05, 0.1) is 19.1 Å². The van der Waals surface area contributed by atoms with Gasteiger partial charge in [0.25, 0.3) is 5.56 Å². The van der Waals surface area contributed by atoms with E-state index in [1.807, 2.05) is 54.6 Å². The molecule has 1 aliphatic rings. The minimum absolute atomic E-state index is 0.0962. The highest BCUT2D eigenvalue weighted by molar-refractivity contribution is 5.97. The maximum absolute atomic E-state index is 13.4. The first kappa shape index (κ1) is 24.0. The SMILES string of the molecule is CCN(C(=O)CN1Cc2ccccc2C[C@H]1C(N)=O)c1c(N)n(Cc2ccccc2)c(=O)[nH]c1=O. The van der Waals surface area contributed by atoms with Crippen LogP contribution in [0.15, 0.2) is 64.2 Å². The molecular weight excluding hydrogens is 448 g/mol. The number of primary amides is 1. The van der Waals surface area contributed by atoms with Crippen molar-refractivity contribution in [1.82, 2.24) is 14.5 Å². The number of nitrogens with two attached hydrogens (primary N) is 2. The number of carbonyl (C=O) groups excluding carboxylic acids is 2. The van der Waals surface area contributed by atoms with Crippen LogP contribution >= 0.6 is 0 Å². The quantitative estimate of drug-likeness (QED) is 0.451. The van der Waals surface area contributed by atoms with Crippen molar-refractivity contribution in [3.8, 4) is 0 Å². The molecule has 10 nitrogen and oxygen atoms in total. The third-order valence-corrected chi connectivity index (χ3v) is 6.30. The molecule has 1 aromatic heterocycles. The largest absolute Gasteiger partial charge is 0.383 e. The highest BCUT2D eigenvalue weighted by Gasteiger charge is 2.33. The molecule has 2 heterocycles. The van der Waals surface area contributed by atoms with E-state index in [-0.39, 0.29) is 31.1 Å². The number of hydrogen-bond acceptors (Lipinski definition) is 6. The number of anilines is 2. The molecule has 0 spiro atoms. The van der Waals surface area contributed by atoms with Crippen molar-refractivity contribution in [2.45, 2.75) is 32.5 Å². The second kappa shape index (κ2) is 9.98. The van der Waals surface area contributed by atoms with Gasteiger partial charge in [-0.25, -0.2) is 4.79 Å². The average Bonchev–Trinajstić information content (AvgIpc) is 2.84. The highest BCUT2D eigenvalue weighted by atomic mass is 16.2. The number of rotatable bonds is 7. The number of hydrogen-bond donors (Lipinski definition) is 3. The van der Waals surface area contributed by atoms with E-state index in [1.165, 1.54) is 9.47 Å². The van der Waals surface area contributed by atoms with Gasteiger partial charge in [0.15, 0.2) is 5.69 Å². The zero-order valence-corrected chi connectivity index (χ0v) is 19.4. The summed E-state index contributed by atoms with van der Waals surface area (Å²) in [6, 6.07) is 16.2. The number of likely N-dealkylation sites (N-methyl/N-ethyl adjacent to an activating group) is 1. The normalized spacial score (nSPS) is 15.4. The third kappa shape index (κ3) is 4.87. The van der Waals surface area contributed by atoms with Crippen molar-refractivity contribution in [2.75, 3.05) is 23.7 Å². The molecule has 1 atom stereocenters. The summed E-state index contributed by atoms with van der Waals surface area (Å²) < 4.78 is 1.23. The Labute approximate surface area is 201 Å². The topological polar surface area (TPSA) is 148 Å². The van der Waals surface area contributed by atoms with Crippen LogP contribution in [0.5, 0.6) is 0 Å². The van der Waals surface area contributed by atoms with E-state index in [1.54, 1.807) is 11.8 Å². The van der Waals surface area contributed by atoms with Crippen molar-refractivity contribution >= 4 is 23.3 Å². The van der Waals surface area contributed by atoms with Gasteiger partial charge >= 0.3 is 5.69 Å². The Hall–Kier alpha value is -4.18. The predicted octanol–water partition coefficient (Wildman–Crippen LogP) is 0.432. The van der Waals surface area contributed by atoms with Crippen LogP contribution in [0.2, 0.25) is 0 Å². The van der Waals surface area contributed by atoms with Gasteiger partial charge in [-0.2, -0.15) is 0 Å². The molecule has 0 radical (unpaired) electrons.